The molecule has 0 radical (unpaired) electrons. The Morgan fingerprint density at radius 3 is 1.27 bits per heavy atom. The maximum Gasteiger partial charge on any atom is 0.248 e. The minimum Gasteiger partial charge on any atom is -0.369 e. The van der Waals surface area contributed by atoms with Crippen LogP contribution in [0.5, 0.6) is 0 Å². The Kier molecular flexibility index (Phi) is 3.47. The number of hydrazone groups is 1. The van der Waals surface area contributed by atoms with Gasteiger partial charge in [0, 0.05) is 0 Å². The zero-order valence-corrected chi connectivity index (χ0v) is 7.26. The molecule has 15 heavy (non-hydrogen) atoms. The van der Waals surface area contributed by atoms with Gasteiger partial charge >= 0.3 is 0 Å². The molecule has 2 heterocycles. The molecule has 78 valence electrons. The Labute approximate surface area is 82.4 Å². The lowest BCUT2D eigenvalue weighted by Gasteiger charge is -1.79. The normalized spacial score (nSPS) is 15.5. The molecule has 0 unspecified atom stereocenters. The summed E-state index contributed by atoms with van der Waals surface area (Å²) >= 11 is 0. The molecule has 12 heteroatoms. The summed E-state index contributed by atoms with van der Waals surface area (Å²) in [4.78, 5) is 0. The zero-order chi connectivity index (χ0) is 11.1. The van der Waals surface area contributed by atoms with E-state index in [0.717, 1.165) is 0 Å². The summed E-state index contributed by atoms with van der Waals surface area (Å²) < 4.78 is 0. The highest BCUT2D eigenvalue weighted by Crippen LogP contribution is 2.19. The van der Waals surface area contributed by atoms with E-state index in [1.165, 1.54) is 0 Å². The molecule has 0 atom stereocenters. The van der Waals surface area contributed by atoms with Gasteiger partial charge in [0.1, 0.15) is 0 Å². The highest BCUT2D eigenvalue weighted by Gasteiger charge is 2.10. The van der Waals surface area contributed by atoms with Crippen molar-refractivity contribution < 1.29 is 0 Å². The number of hydrogen-bond donors (Lipinski definition) is 3. The van der Waals surface area contributed by atoms with E-state index < -0.39 is 0 Å². The highest BCUT2D eigenvalue weighted by atomic mass is 15.6. The van der Waals surface area contributed by atoms with Crippen LogP contribution >= 0.6 is 0 Å². The summed E-state index contributed by atoms with van der Waals surface area (Å²) in [5, 5.41) is 29.7. The average Bonchev–Trinajstić information content (AvgIpc) is 2.90. The Bertz CT molecular complexity index is 331. The largest absolute Gasteiger partial charge is 0.369 e. The first-order chi connectivity index (χ1) is 7.24. The first kappa shape index (κ1) is 10.3. The molecule has 0 spiro atoms. The van der Waals surface area contributed by atoms with Crippen LogP contribution in [-0.2, 0) is 0 Å². The first-order valence-corrected chi connectivity index (χ1v) is 3.40. The molecule has 6 N–H and O–H groups in total. The zero-order valence-electron chi connectivity index (χ0n) is 7.26. The molecule has 12 nitrogen and oxygen atoms in total. The van der Waals surface area contributed by atoms with Crippen LogP contribution in [0.15, 0.2) is 58.1 Å². The molecule has 0 amide bonds. The predicted octanol–water partition coefficient (Wildman–Crippen LogP) is -0.0875. The van der Waals surface area contributed by atoms with Gasteiger partial charge < -0.3 is 17.3 Å². The molecule has 2 rings (SSSR count). The second-order valence-corrected chi connectivity index (χ2v) is 1.96. The Morgan fingerprint density at radius 1 is 0.800 bits per heavy atom. The highest BCUT2D eigenvalue weighted by molar-refractivity contribution is 5.75. The lowest BCUT2D eigenvalue weighted by molar-refractivity contribution is 1.06. The van der Waals surface area contributed by atoms with Gasteiger partial charge in [-0.15, -0.1) is 25.6 Å². The van der Waals surface area contributed by atoms with E-state index in [0.29, 0.717) is 0 Å². The summed E-state index contributed by atoms with van der Waals surface area (Å²) in [5.74, 6) is 4.90. The lowest BCUT2D eigenvalue weighted by Crippen LogP contribution is -2.23. The van der Waals surface area contributed by atoms with Crippen LogP contribution in [-0.4, -0.2) is 5.96 Å². The smallest absolute Gasteiger partial charge is 0.248 e. The number of nitrogens with two attached hydrogens (primary N) is 3. The van der Waals surface area contributed by atoms with Gasteiger partial charge in [-0.25, -0.2) is 0 Å². The van der Waals surface area contributed by atoms with Gasteiger partial charge in [0.2, 0.25) is 17.6 Å². The van der Waals surface area contributed by atoms with Gasteiger partial charge in [0.25, 0.3) is 0 Å². The second-order valence-electron chi connectivity index (χ2n) is 1.96. The van der Waals surface area contributed by atoms with E-state index in [-0.39, 0.29) is 17.6 Å². The monoisotopic (exact) mass is 210 g/mol. The Morgan fingerprint density at radius 2 is 1.07 bits per heavy atom. The first-order valence-electron chi connectivity index (χ1n) is 3.40. The predicted molar refractivity (Wildman–Crippen MR) is 46.4 cm³/mol. The number of guanidine groups is 1. The quantitative estimate of drug-likeness (QED) is 0.218. The minimum atomic E-state index is -0.0926. The van der Waals surface area contributed by atoms with Crippen LogP contribution in [0.2, 0.25) is 0 Å². The third-order valence-corrected chi connectivity index (χ3v) is 0.987. The average molecular weight is 210 g/mol. The fourth-order valence-electron chi connectivity index (χ4n) is 0.468. The van der Waals surface area contributed by atoms with Crippen molar-refractivity contribution in [3.8, 4) is 0 Å². The van der Waals surface area contributed by atoms with Gasteiger partial charge in [-0.1, -0.05) is 0 Å². The third kappa shape index (κ3) is 3.21. The van der Waals surface area contributed by atoms with Gasteiger partial charge in [-0.3, -0.25) is 0 Å². The molecule has 0 bridgehead atoms. The summed E-state index contributed by atoms with van der Waals surface area (Å²) in [7, 11) is 0. The topological polar surface area (TPSA) is 189 Å². The van der Waals surface area contributed by atoms with Gasteiger partial charge in [0.15, 0.2) is 0 Å². The van der Waals surface area contributed by atoms with Crippen LogP contribution < -0.4 is 17.3 Å². The molecule has 2 aliphatic heterocycles. The van der Waals surface area contributed by atoms with Crippen molar-refractivity contribution in [2.24, 2.45) is 63.8 Å². The van der Waals surface area contributed by atoms with Crippen LogP contribution in [0.25, 0.3) is 0 Å². The van der Waals surface area contributed by atoms with Gasteiger partial charge in [0.05, 0.1) is 0 Å². The molecule has 0 saturated heterocycles. The van der Waals surface area contributed by atoms with Crippen molar-refractivity contribution >= 4 is 5.96 Å². The standard InChI is InChI=1S/C2N8.CH6N4/c3-1(4-8-7-3)2-5-9-10-6-2;2-1(3)5-4/h;4H2,(H4,2,3,5). The number of rotatable bonds is 0. The molecular weight excluding hydrogens is 204 g/mol. The summed E-state index contributed by atoms with van der Waals surface area (Å²) in [5.41, 5.74) is 9.39. The Balaban J connectivity index is 0.000000195. The SMILES string of the molecule is N1=NC(=C2N=NN=N2)N=N1.NN=C(N)N. The summed E-state index contributed by atoms with van der Waals surface area (Å²) in [6.45, 7) is 0. The fourth-order valence-corrected chi connectivity index (χ4v) is 0.468. The molecule has 0 fully saturated rings. The fraction of sp³-hybridized carbons (Fsp3) is 0. The van der Waals surface area contributed by atoms with E-state index in [1.807, 2.05) is 0 Å². The molecule has 0 saturated carbocycles. The van der Waals surface area contributed by atoms with Crippen molar-refractivity contribution in [2.75, 3.05) is 0 Å². The molecular formula is C3H6N12. The molecule has 0 aromatic heterocycles. The van der Waals surface area contributed by atoms with Crippen LogP contribution in [0, 0.1) is 0 Å². The number of nitrogens with zero attached hydrogens (tertiary/aromatic N) is 9. The van der Waals surface area contributed by atoms with Gasteiger partial charge in [-0.2, -0.15) is 0 Å². The molecule has 0 aliphatic carbocycles. The maximum atomic E-state index is 4.69. The van der Waals surface area contributed by atoms with Gasteiger partial charge in [-0.05, 0) is 20.9 Å². The van der Waals surface area contributed by atoms with Crippen molar-refractivity contribution in [1.29, 1.82) is 0 Å². The number of hydrogen-bond acceptors (Lipinski definition) is 10. The molecule has 0 aromatic carbocycles. The van der Waals surface area contributed by atoms with Crippen LogP contribution in [0.3, 0.4) is 0 Å². The van der Waals surface area contributed by atoms with E-state index >= 15 is 0 Å². The second kappa shape index (κ2) is 5.05. The van der Waals surface area contributed by atoms with Crippen LogP contribution in [0.1, 0.15) is 0 Å². The van der Waals surface area contributed by atoms with E-state index in [4.69, 9.17) is 11.5 Å². The van der Waals surface area contributed by atoms with Crippen molar-refractivity contribution in [2.45, 2.75) is 0 Å². The van der Waals surface area contributed by atoms with Crippen molar-refractivity contribution in [3.05, 3.63) is 11.6 Å². The Hall–Kier alpha value is -2.79. The van der Waals surface area contributed by atoms with E-state index in [9.17, 15) is 0 Å². The summed E-state index contributed by atoms with van der Waals surface area (Å²) in [6.07, 6.45) is 0. The summed E-state index contributed by atoms with van der Waals surface area (Å²) in [6, 6.07) is 0. The van der Waals surface area contributed by atoms with Crippen molar-refractivity contribution in [3.63, 3.8) is 0 Å². The maximum absolute atomic E-state index is 4.69. The molecule has 0 aromatic rings. The third-order valence-electron chi connectivity index (χ3n) is 0.987. The van der Waals surface area contributed by atoms with Crippen molar-refractivity contribution in [1.82, 2.24) is 0 Å². The minimum absolute atomic E-state index is 0.0926. The van der Waals surface area contributed by atoms with Crippen LogP contribution in [0.4, 0.5) is 0 Å². The lowest BCUT2D eigenvalue weighted by atomic mass is 10.7. The van der Waals surface area contributed by atoms with E-state index in [2.05, 4.69) is 52.3 Å². The molecule has 2 aliphatic rings. The van der Waals surface area contributed by atoms with E-state index in [1.54, 1.807) is 0 Å².